The van der Waals surface area contributed by atoms with Crippen LogP contribution in [0.4, 0.5) is 0 Å². The number of phenols is 1. The van der Waals surface area contributed by atoms with Gasteiger partial charge in [-0.25, -0.2) is 0 Å². The third-order valence-electron chi connectivity index (χ3n) is 3.77. The number of ether oxygens (including phenoxy) is 3. The average Bonchev–Trinajstić information content (AvgIpc) is 2.65. The van der Waals surface area contributed by atoms with Crippen LogP contribution in [-0.4, -0.2) is 25.9 Å². The lowest BCUT2D eigenvalue weighted by molar-refractivity contribution is 0.355. The van der Waals surface area contributed by atoms with Crippen molar-refractivity contribution in [1.82, 2.24) is 0 Å². The molecule has 6 heteroatoms. The molecule has 6 nitrogen and oxygen atoms in total. The number of methoxy groups -OCH3 is 2. The molecule has 3 aromatic rings. The molecule has 0 atom stereocenters. The lowest BCUT2D eigenvalue weighted by atomic mass is 10.1. The summed E-state index contributed by atoms with van der Waals surface area (Å²) in [6.45, 7) is 0.0323. The topological polar surface area (TPSA) is 78.1 Å². The molecule has 0 saturated heterocycles. The number of hydrogen-bond acceptors (Lipinski definition) is 6. The van der Waals surface area contributed by atoms with Crippen molar-refractivity contribution in [2.75, 3.05) is 20.8 Å². The van der Waals surface area contributed by atoms with Crippen LogP contribution in [0.3, 0.4) is 0 Å². The van der Waals surface area contributed by atoms with Gasteiger partial charge >= 0.3 is 0 Å². The predicted molar refractivity (Wildman–Crippen MR) is 97.0 cm³/mol. The molecular weight excluding hydrogens is 336 g/mol. The van der Waals surface area contributed by atoms with E-state index in [9.17, 15) is 9.90 Å². The first kappa shape index (κ1) is 17.2. The van der Waals surface area contributed by atoms with Crippen LogP contribution in [0.25, 0.3) is 22.3 Å². The van der Waals surface area contributed by atoms with Gasteiger partial charge in [-0.3, -0.25) is 4.79 Å². The molecule has 26 heavy (non-hydrogen) atoms. The second-order valence-electron chi connectivity index (χ2n) is 5.35. The van der Waals surface area contributed by atoms with Crippen molar-refractivity contribution in [2.24, 2.45) is 0 Å². The Morgan fingerprint density at radius 1 is 1.12 bits per heavy atom. The normalized spacial score (nSPS) is 10.3. The molecule has 0 aliphatic carbocycles. The van der Waals surface area contributed by atoms with Gasteiger partial charge in [-0.1, -0.05) is 5.92 Å². The Labute approximate surface area is 149 Å². The van der Waals surface area contributed by atoms with E-state index in [2.05, 4.69) is 5.92 Å². The van der Waals surface area contributed by atoms with E-state index in [0.717, 1.165) is 0 Å². The average molecular weight is 352 g/mol. The van der Waals surface area contributed by atoms with Crippen LogP contribution in [0.2, 0.25) is 0 Å². The van der Waals surface area contributed by atoms with Gasteiger partial charge in [0.05, 0.1) is 14.2 Å². The van der Waals surface area contributed by atoms with Crippen molar-refractivity contribution in [1.29, 1.82) is 0 Å². The first-order valence-corrected chi connectivity index (χ1v) is 7.67. The Hall–Kier alpha value is -3.59. The summed E-state index contributed by atoms with van der Waals surface area (Å²) >= 11 is 0. The zero-order valence-corrected chi connectivity index (χ0v) is 14.2. The molecule has 1 aromatic heterocycles. The van der Waals surface area contributed by atoms with Gasteiger partial charge < -0.3 is 23.7 Å². The molecule has 0 aliphatic heterocycles. The van der Waals surface area contributed by atoms with Crippen LogP contribution in [0, 0.1) is 12.3 Å². The van der Waals surface area contributed by atoms with E-state index in [1.807, 2.05) is 0 Å². The molecule has 132 valence electrons. The molecule has 0 spiro atoms. The fourth-order valence-electron chi connectivity index (χ4n) is 2.58. The minimum atomic E-state index is -0.378. The van der Waals surface area contributed by atoms with Crippen LogP contribution in [0.5, 0.6) is 23.0 Å². The third kappa shape index (κ3) is 3.15. The van der Waals surface area contributed by atoms with Crippen LogP contribution < -0.4 is 19.6 Å². The molecule has 1 N–H and O–H groups in total. The highest BCUT2D eigenvalue weighted by Crippen LogP contribution is 2.34. The molecule has 0 amide bonds. The lowest BCUT2D eigenvalue weighted by Crippen LogP contribution is -2.02. The minimum absolute atomic E-state index is 0.0323. The van der Waals surface area contributed by atoms with Gasteiger partial charge in [0.25, 0.3) is 0 Å². The summed E-state index contributed by atoms with van der Waals surface area (Å²) in [6, 6.07) is 9.30. The number of terminal acetylenes is 1. The largest absolute Gasteiger partial charge is 0.507 e. The molecule has 3 rings (SSSR count). The van der Waals surface area contributed by atoms with Crippen LogP contribution in [-0.2, 0) is 0 Å². The maximum Gasteiger partial charge on any atom is 0.197 e. The highest BCUT2D eigenvalue weighted by molar-refractivity contribution is 5.86. The van der Waals surface area contributed by atoms with E-state index in [1.165, 1.54) is 32.4 Å². The van der Waals surface area contributed by atoms with Gasteiger partial charge in [0, 0.05) is 23.8 Å². The highest BCUT2D eigenvalue weighted by atomic mass is 16.5. The summed E-state index contributed by atoms with van der Waals surface area (Å²) in [6.07, 6.45) is 5.17. The number of aromatic hydroxyl groups is 1. The van der Waals surface area contributed by atoms with Crippen molar-refractivity contribution < 1.29 is 23.7 Å². The van der Waals surface area contributed by atoms with E-state index in [0.29, 0.717) is 28.6 Å². The first-order valence-electron chi connectivity index (χ1n) is 7.67. The van der Waals surface area contributed by atoms with E-state index in [1.54, 1.807) is 18.2 Å². The molecule has 0 aliphatic rings. The van der Waals surface area contributed by atoms with Gasteiger partial charge in [0.2, 0.25) is 0 Å². The minimum Gasteiger partial charge on any atom is -0.507 e. The van der Waals surface area contributed by atoms with Gasteiger partial charge in [0.1, 0.15) is 34.8 Å². The number of fused-ring (bicyclic) bond motifs is 1. The summed E-state index contributed by atoms with van der Waals surface area (Å²) in [5.74, 6) is 3.78. The standard InChI is InChI=1S/C20H16O6/c1-4-7-25-13-9-14(21)20-15(22)11-17(26-19(20)10-13)12-5-6-16(23-2)18(8-12)24-3/h1,5-6,8-11,21H,7H2,2-3H3. The molecule has 0 radical (unpaired) electrons. The number of hydrogen-bond donors (Lipinski definition) is 1. The summed E-state index contributed by atoms with van der Waals surface area (Å²) in [7, 11) is 3.06. The summed E-state index contributed by atoms with van der Waals surface area (Å²) in [4.78, 5) is 12.4. The van der Waals surface area contributed by atoms with Crippen molar-refractivity contribution in [3.8, 4) is 46.7 Å². The van der Waals surface area contributed by atoms with Crippen molar-refractivity contribution in [3.05, 3.63) is 46.6 Å². The Bertz CT molecular complexity index is 1060. The lowest BCUT2D eigenvalue weighted by Gasteiger charge is -2.10. The van der Waals surface area contributed by atoms with Gasteiger partial charge in [-0.2, -0.15) is 0 Å². The molecule has 0 fully saturated rings. The monoisotopic (exact) mass is 352 g/mol. The third-order valence-corrected chi connectivity index (χ3v) is 3.77. The van der Waals surface area contributed by atoms with E-state index in [4.69, 9.17) is 25.1 Å². The molecule has 1 heterocycles. The predicted octanol–water partition coefficient (Wildman–Crippen LogP) is 3.19. The number of rotatable bonds is 5. The van der Waals surface area contributed by atoms with Crippen molar-refractivity contribution in [3.63, 3.8) is 0 Å². The van der Waals surface area contributed by atoms with E-state index in [-0.39, 0.29) is 28.8 Å². The molecule has 0 saturated carbocycles. The number of phenolic OH excluding ortho intramolecular Hbond substituents is 1. The second kappa shape index (κ2) is 7.11. The maximum atomic E-state index is 12.4. The molecule has 0 bridgehead atoms. The highest BCUT2D eigenvalue weighted by Gasteiger charge is 2.14. The maximum absolute atomic E-state index is 12.4. The Balaban J connectivity index is 2.16. The van der Waals surface area contributed by atoms with Gasteiger partial charge in [-0.05, 0) is 18.2 Å². The summed E-state index contributed by atoms with van der Waals surface area (Å²) < 4.78 is 21.6. The molecule has 2 aromatic carbocycles. The SMILES string of the molecule is C#CCOc1cc(O)c2c(=O)cc(-c3ccc(OC)c(OC)c3)oc2c1. The first-order chi connectivity index (χ1) is 12.6. The zero-order chi connectivity index (χ0) is 18.7. The summed E-state index contributed by atoms with van der Waals surface area (Å²) in [5.41, 5.74) is 0.433. The van der Waals surface area contributed by atoms with Crippen molar-refractivity contribution >= 4 is 11.0 Å². The Morgan fingerprint density at radius 3 is 2.58 bits per heavy atom. The Morgan fingerprint density at radius 2 is 1.88 bits per heavy atom. The zero-order valence-electron chi connectivity index (χ0n) is 14.2. The van der Waals surface area contributed by atoms with Crippen LogP contribution in [0.1, 0.15) is 0 Å². The molecular formula is C20H16O6. The van der Waals surface area contributed by atoms with Crippen LogP contribution >= 0.6 is 0 Å². The smallest absolute Gasteiger partial charge is 0.197 e. The van der Waals surface area contributed by atoms with E-state index < -0.39 is 0 Å². The summed E-state index contributed by atoms with van der Waals surface area (Å²) in [5, 5.41) is 10.2. The fraction of sp³-hybridized carbons (Fsp3) is 0.150. The quantitative estimate of drug-likeness (QED) is 0.711. The van der Waals surface area contributed by atoms with Gasteiger partial charge in [-0.15, -0.1) is 6.42 Å². The van der Waals surface area contributed by atoms with Gasteiger partial charge in [0.15, 0.2) is 16.9 Å². The fourth-order valence-corrected chi connectivity index (χ4v) is 2.58. The van der Waals surface area contributed by atoms with E-state index >= 15 is 0 Å². The number of benzene rings is 2. The molecule has 0 unspecified atom stereocenters. The van der Waals surface area contributed by atoms with Crippen LogP contribution in [0.15, 0.2) is 45.6 Å². The Kier molecular flexibility index (Phi) is 4.72. The second-order valence-corrected chi connectivity index (χ2v) is 5.35. The van der Waals surface area contributed by atoms with Crippen molar-refractivity contribution in [2.45, 2.75) is 0 Å².